The highest BCUT2D eigenvalue weighted by Crippen LogP contribution is 1.99. The summed E-state index contributed by atoms with van der Waals surface area (Å²) >= 11 is 0. The maximum Gasteiger partial charge on any atom is 0.220 e. The largest absolute Gasteiger partial charge is 0.353 e. The summed E-state index contributed by atoms with van der Waals surface area (Å²) in [6.07, 6.45) is 13.8. The molecule has 0 saturated heterocycles. The van der Waals surface area contributed by atoms with Crippen LogP contribution < -0.4 is 5.32 Å². The lowest BCUT2D eigenvalue weighted by molar-refractivity contribution is -0.121. The number of unbranched alkanes of at least 4 members (excludes halogenated alkanes) is 2. The first-order valence-electron chi connectivity index (χ1n) is 4.87. The van der Waals surface area contributed by atoms with Gasteiger partial charge in [-0.3, -0.25) is 4.79 Å². The average molecular weight is 191 g/mol. The number of hydrogen-bond acceptors (Lipinski definition) is 1. The van der Waals surface area contributed by atoms with Gasteiger partial charge in [-0.15, -0.1) is 24.7 Å². The molecule has 0 heterocycles. The van der Waals surface area contributed by atoms with E-state index < -0.39 is 0 Å². The lowest BCUT2D eigenvalue weighted by Crippen LogP contribution is -2.31. The van der Waals surface area contributed by atoms with Crippen molar-refractivity contribution in [3.63, 3.8) is 0 Å². The first-order chi connectivity index (χ1) is 6.70. The molecule has 1 N–H and O–H groups in total. The number of rotatable bonds is 6. The number of carbonyl (C=O) groups is 1. The van der Waals surface area contributed by atoms with Crippen LogP contribution >= 0.6 is 0 Å². The predicted molar refractivity (Wildman–Crippen MR) is 58.4 cm³/mol. The second-order valence-corrected chi connectivity index (χ2v) is 3.29. The van der Waals surface area contributed by atoms with Crippen LogP contribution in [-0.4, -0.2) is 11.9 Å². The van der Waals surface area contributed by atoms with Gasteiger partial charge in [0.25, 0.3) is 0 Å². The van der Waals surface area contributed by atoms with Crippen LogP contribution in [0.5, 0.6) is 0 Å². The number of terminal acetylenes is 2. The summed E-state index contributed by atoms with van der Waals surface area (Å²) in [6.45, 7) is 1.90. The molecule has 2 nitrogen and oxygen atoms in total. The Hall–Kier alpha value is -1.41. The molecule has 0 aromatic rings. The van der Waals surface area contributed by atoms with Gasteiger partial charge in [0.1, 0.15) is 0 Å². The minimum Gasteiger partial charge on any atom is -0.353 e. The molecule has 0 aliphatic heterocycles. The molecule has 0 saturated carbocycles. The minimum atomic E-state index is 0.0600. The Morgan fingerprint density at radius 2 is 2.07 bits per heavy atom. The molecule has 0 radical (unpaired) electrons. The van der Waals surface area contributed by atoms with E-state index in [1.807, 2.05) is 6.92 Å². The van der Waals surface area contributed by atoms with Crippen LogP contribution in [0.25, 0.3) is 0 Å². The highest BCUT2D eigenvalue weighted by molar-refractivity contribution is 5.76. The fraction of sp³-hybridized carbons (Fsp3) is 0.583. The van der Waals surface area contributed by atoms with E-state index in [2.05, 4.69) is 17.2 Å². The summed E-state index contributed by atoms with van der Waals surface area (Å²) in [6, 6.07) is 0.0696. The molecule has 0 rings (SSSR count). The van der Waals surface area contributed by atoms with Crippen LogP contribution in [0.3, 0.4) is 0 Å². The average Bonchev–Trinajstić information content (AvgIpc) is 2.13. The van der Waals surface area contributed by atoms with E-state index in [1.165, 1.54) is 0 Å². The van der Waals surface area contributed by atoms with Crippen molar-refractivity contribution in [2.45, 2.75) is 45.1 Å². The quantitative estimate of drug-likeness (QED) is 0.502. The van der Waals surface area contributed by atoms with Crippen molar-refractivity contribution in [2.75, 3.05) is 0 Å². The van der Waals surface area contributed by atoms with Crippen LogP contribution in [0.4, 0.5) is 0 Å². The van der Waals surface area contributed by atoms with E-state index in [-0.39, 0.29) is 11.9 Å². The number of amides is 1. The molecule has 1 unspecified atom stereocenters. The molecule has 14 heavy (non-hydrogen) atoms. The first kappa shape index (κ1) is 12.6. The monoisotopic (exact) mass is 191 g/mol. The third kappa shape index (κ3) is 7.25. The highest BCUT2D eigenvalue weighted by atomic mass is 16.1. The van der Waals surface area contributed by atoms with Crippen LogP contribution in [0.1, 0.15) is 39.0 Å². The molecule has 2 heteroatoms. The molecule has 0 bridgehead atoms. The molecule has 0 aromatic heterocycles. The SMILES string of the molecule is C#CCCCCC(=O)NC(C)CC#C. The van der Waals surface area contributed by atoms with Gasteiger partial charge in [0.2, 0.25) is 5.91 Å². The molecule has 0 aromatic carbocycles. The van der Waals surface area contributed by atoms with E-state index in [9.17, 15) is 4.79 Å². The Balaban J connectivity index is 3.47. The first-order valence-corrected chi connectivity index (χ1v) is 4.87. The lowest BCUT2D eigenvalue weighted by Gasteiger charge is -2.10. The van der Waals surface area contributed by atoms with Gasteiger partial charge in [0.15, 0.2) is 0 Å². The zero-order valence-electron chi connectivity index (χ0n) is 8.68. The second-order valence-electron chi connectivity index (χ2n) is 3.29. The Labute approximate surface area is 86.5 Å². The smallest absolute Gasteiger partial charge is 0.220 e. The molecule has 0 fully saturated rings. The highest BCUT2D eigenvalue weighted by Gasteiger charge is 2.04. The van der Waals surface area contributed by atoms with Crippen LogP contribution in [0.15, 0.2) is 0 Å². The predicted octanol–water partition coefficient (Wildman–Crippen LogP) is 1.71. The fourth-order valence-electron chi connectivity index (χ4n) is 1.09. The topological polar surface area (TPSA) is 29.1 Å². The molecule has 1 amide bonds. The van der Waals surface area contributed by atoms with Gasteiger partial charge >= 0.3 is 0 Å². The van der Waals surface area contributed by atoms with Crippen molar-refractivity contribution in [1.82, 2.24) is 5.32 Å². The van der Waals surface area contributed by atoms with Gasteiger partial charge < -0.3 is 5.32 Å². The van der Waals surface area contributed by atoms with Crippen molar-refractivity contribution >= 4 is 5.91 Å². The Morgan fingerprint density at radius 3 is 2.64 bits per heavy atom. The van der Waals surface area contributed by atoms with E-state index in [0.29, 0.717) is 12.8 Å². The summed E-state index contributed by atoms with van der Waals surface area (Å²) in [5.74, 6) is 5.11. The molecule has 0 spiro atoms. The van der Waals surface area contributed by atoms with Crippen molar-refractivity contribution < 1.29 is 4.79 Å². The van der Waals surface area contributed by atoms with Crippen molar-refractivity contribution in [3.05, 3.63) is 0 Å². The van der Waals surface area contributed by atoms with Crippen LogP contribution in [0.2, 0.25) is 0 Å². The van der Waals surface area contributed by atoms with Gasteiger partial charge in [-0.25, -0.2) is 0 Å². The van der Waals surface area contributed by atoms with Crippen LogP contribution in [0, 0.1) is 24.7 Å². The molecule has 0 aliphatic carbocycles. The standard InChI is InChI=1S/C12H17NO/c1-4-6-7-8-10-12(14)13-11(3)9-5-2/h1-2,11H,6-10H2,3H3,(H,13,14). The third-order valence-electron chi connectivity index (χ3n) is 1.81. The van der Waals surface area contributed by atoms with Gasteiger partial charge in [0, 0.05) is 25.3 Å². The van der Waals surface area contributed by atoms with Crippen molar-refractivity contribution in [2.24, 2.45) is 0 Å². The van der Waals surface area contributed by atoms with Crippen molar-refractivity contribution in [1.29, 1.82) is 0 Å². The van der Waals surface area contributed by atoms with E-state index in [4.69, 9.17) is 12.8 Å². The summed E-state index contributed by atoms with van der Waals surface area (Å²) < 4.78 is 0. The molecule has 0 aliphatic rings. The third-order valence-corrected chi connectivity index (χ3v) is 1.81. The van der Waals surface area contributed by atoms with E-state index in [1.54, 1.807) is 0 Å². The summed E-state index contributed by atoms with van der Waals surface area (Å²) in [5, 5.41) is 2.82. The Morgan fingerprint density at radius 1 is 1.36 bits per heavy atom. The van der Waals surface area contributed by atoms with Crippen molar-refractivity contribution in [3.8, 4) is 24.7 Å². The zero-order chi connectivity index (χ0) is 10.8. The van der Waals surface area contributed by atoms with Gasteiger partial charge in [0.05, 0.1) is 0 Å². The van der Waals surface area contributed by atoms with E-state index >= 15 is 0 Å². The maximum atomic E-state index is 11.3. The Kier molecular flexibility index (Phi) is 7.37. The number of carbonyl (C=O) groups excluding carboxylic acids is 1. The van der Waals surface area contributed by atoms with E-state index in [0.717, 1.165) is 19.3 Å². The summed E-state index contributed by atoms with van der Waals surface area (Å²) in [4.78, 5) is 11.3. The Bertz CT molecular complexity index is 244. The zero-order valence-corrected chi connectivity index (χ0v) is 8.68. The molecular weight excluding hydrogens is 174 g/mol. The number of hydrogen-bond donors (Lipinski definition) is 1. The molecular formula is C12H17NO. The van der Waals surface area contributed by atoms with Crippen LogP contribution in [-0.2, 0) is 4.79 Å². The summed E-state index contributed by atoms with van der Waals surface area (Å²) in [7, 11) is 0. The fourth-order valence-corrected chi connectivity index (χ4v) is 1.09. The maximum absolute atomic E-state index is 11.3. The minimum absolute atomic E-state index is 0.0600. The molecule has 1 atom stereocenters. The van der Waals surface area contributed by atoms with Gasteiger partial charge in [-0.2, -0.15) is 0 Å². The number of nitrogens with one attached hydrogen (secondary N) is 1. The molecule has 76 valence electrons. The van der Waals surface area contributed by atoms with Gasteiger partial charge in [-0.05, 0) is 19.8 Å². The summed E-state index contributed by atoms with van der Waals surface area (Å²) in [5.41, 5.74) is 0. The second kappa shape index (κ2) is 8.20. The van der Waals surface area contributed by atoms with Gasteiger partial charge in [-0.1, -0.05) is 0 Å². The normalized spacial score (nSPS) is 11.1. The lowest BCUT2D eigenvalue weighted by atomic mass is 10.2.